The summed E-state index contributed by atoms with van der Waals surface area (Å²) in [5.41, 5.74) is 0. The first kappa shape index (κ1) is 12.4. The third kappa shape index (κ3) is 2.60. The van der Waals surface area contributed by atoms with Crippen molar-refractivity contribution in [3.8, 4) is 0 Å². The average Bonchev–Trinajstić information content (AvgIpc) is 2.74. The van der Waals surface area contributed by atoms with Gasteiger partial charge in [-0.15, -0.1) is 21.8 Å². The number of piperidine rings is 1. The molecule has 0 saturated carbocycles. The fourth-order valence-corrected chi connectivity index (χ4v) is 2.41. The van der Waals surface area contributed by atoms with Gasteiger partial charge in [0.25, 0.3) is 0 Å². The van der Waals surface area contributed by atoms with Crippen LogP contribution in [0.1, 0.15) is 31.5 Å². The zero-order valence-corrected chi connectivity index (χ0v) is 10.9. The Kier molecular flexibility index (Phi) is 3.66. The van der Waals surface area contributed by atoms with Gasteiger partial charge < -0.3 is 9.47 Å². The minimum Gasteiger partial charge on any atom is -0.341 e. The molecular formula is C11H17ClN4O. The Morgan fingerprint density at radius 1 is 1.53 bits per heavy atom. The molecule has 0 spiro atoms. The minimum atomic E-state index is -0.429. The third-order valence-electron chi connectivity index (χ3n) is 3.26. The van der Waals surface area contributed by atoms with Crippen LogP contribution in [-0.4, -0.2) is 44.0 Å². The average molecular weight is 257 g/mol. The minimum absolute atomic E-state index is 0.0306. The van der Waals surface area contributed by atoms with E-state index in [9.17, 15) is 4.79 Å². The first-order valence-corrected chi connectivity index (χ1v) is 6.30. The molecule has 2 rings (SSSR count). The SMILES string of the molecule is CC(Cl)C(=O)N1CCC(c2nncn2C)CC1. The number of halogens is 1. The van der Waals surface area contributed by atoms with Crippen molar-refractivity contribution >= 4 is 17.5 Å². The van der Waals surface area contributed by atoms with Gasteiger partial charge in [-0.25, -0.2) is 0 Å². The summed E-state index contributed by atoms with van der Waals surface area (Å²) >= 11 is 5.81. The molecule has 0 bridgehead atoms. The molecule has 1 unspecified atom stereocenters. The molecule has 0 radical (unpaired) electrons. The number of hydrogen-bond acceptors (Lipinski definition) is 3. The van der Waals surface area contributed by atoms with Crippen LogP contribution < -0.4 is 0 Å². The highest BCUT2D eigenvalue weighted by atomic mass is 35.5. The van der Waals surface area contributed by atoms with E-state index in [1.807, 2.05) is 16.5 Å². The number of amides is 1. The Hall–Kier alpha value is -1.10. The molecule has 1 aliphatic heterocycles. The molecule has 0 N–H and O–H groups in total. The summed E-state index contributed by atoms with van der Waals surface area (Å²) in [6.45, 7) is 3.24. The van der Waals surface area contributed by atoms with Crippen molar-refractivity contribution in [3.05, 3.63) is 12.2 Å². The third-order valence-corrected chi connectivity index (χ3v) is 3.45. The van der Waals surface area contributed by atoms with Crippen molar-refractivity contribution in [1.29, 1.82) is 0 Å². The lowest BCUT2D eigenvalue weighted by Crippen LogP contribution is -2.41. The number of aryl methyl sites for hydroxylation is 1. The second-order valence-corrected chi connectivity index (χ2v) is 5.17. The standard InChI is InChI=1S/C11H17ClN4O/c1-8(12)11(17)16-5-3-9(4-6-16)10-14-13-7-15(10)2/h7-9H,3-6H2,1-2H3. The molecule has 1 aromatic rings. The highest BCUT2D eigenvalue weighted by Crippen LogP contribution is 2.26. The largest absolute Gasteiger partial charge is 0.341 e. The predicted molar refractivity (Wildman–Crippen MR) is 64.9 cm³/mol. The first-order chi connectivity index (χ1) is 8.09. The van der Waals surface area contributed by atoms with Crippen LogP contribution in [0.4, 0.5) is 0 Å². The van der Waals surface area contributed by atoms with Crippen LogP contribution in [-0.2, 0) is 11.8 Å². The van der Waals surface area contributed by atoms with Crippen LogP contribution in [0.3, 0.4) is 0 Å². The van der Waals surface area contributed by atoms with E-state index in [0.717, 1.165) is 31.8 Å². The van der Waals surface area contributed by atoms with Crippen LogP contribution in [0.5, 0.6) is 0 Å². The highest BCUT2D eigenvalue weighted by molar-refractivity contribution is 6.30. The fourth-order valence-electron chi connectivity index (χ4n) is 2.27. The number of carbonyl (C=O) groups excluding carboxylic acids is 1. The van der Waals surface area contributed by atoms with Crippen molar-refractivity contribution in [3.63, 3.8) is 0 Å². The molecule has 1 fully saturated rings. The Labute approximate surface area is 106 Å². The molecule has 6 heteroatoms. The lowest BCUT2D eigenvalue weighted by atomic mass is 9.96. The maximum atomic E-state index is 11.7. The Bertz CT molecular complexity index is 396. The summed E-state index contributed by atoms with van der Waals surface area (Å²) in [6, 6.07) is 0. The van der Waals surface area contributed by atoms with Crippen molar-refractivity contribution in [2.45, 2.75) is 31.1 Å². The number of carbonyl (C=O) groups is 1. The van der Waals surface area contributed by atoms with Crippen LogP contribution in [0.2, 0.25) is 0 Å². The van der Waals surface area contributed by atoms with Crippen molar-refractivity contribution in [1.82, 2.24) is 19.7 Å². The second-order valence-electron chi connectivity index (χ2n) is 4.52. The number of aromatic nitrogens is 3. The zero-order valence-electron chi connectivity index (χ0n) is 10.1. The van der Waals surface area contributed by atoms with Gasteiger partial charge in [0.2, 0.25) is 5.91 Å². The van der Waals surface area contributed by atoms with Gasteiger partial charge in [0.1, 0.15) is 17.5 Å². The monoisotopic (exact) mass is 256 g/mol. The van der Waals surface area contributed by atoms with E-state index in [1.54, 1.807) is 13.3 Å². The van der Waals surface area contributed by atoms with Crippen LogP contribution in [0, 0.1) is 0 Å². The Balaban J connectivity index is 1.95. The van der Waals surface area contributed by atoms with E-state index in [-0.39, 0.29) is 5.91 Å². The van der Waals surface area contributed by atoms with Crippen LogP contribution in [0.25, 0.3) is 0 Å². The van der Waals surface area contributed by atoms with Crippen LogP contribution in [0.15, 0.2) is 6.33 Å². The number of rotatable bonds is 2. The normalized spacial score (nSPS) is 19.4. The van der Waals surface area contributed by atoms with E-state index in [1.165, 1.54) is 0 Å². The summed E-state index contributed by atoms with van der Waals surface area (Å²) < 4.78 is 1.95. The molecule has 1 amide bonds. The molecule has 17 heavy (non-hydrogen) atoms. The number of likely N-dealkylation sites (tertiary alicyclic amines) is 1. The first-order valence-electron chi connectivity index (χ1n) is 5.86. The lowest BCUT2D eigenvalue weighted by molar-refractivity contribution is -0.131. The summed E-state index contributed by atoms with van der Waals surface area (Å²) in [7, 11) is 1.95. The van der Waals surface area contributed by atoms with Gasteiger partial charge in [-0.05, 0) is 19.8 Å². The second kappa shape index (κ2) is 5.04. The lowest BCUT2D eigenvalue weighted by Gasteiger charge is -2.32. The van der Waals surface area contributed by atoms with Crippen molar-refractivity contribution < 1.29 is 4.79 Å². The molecule has 1 atom stereocenters. The summed E-state index contributed by atoms with van der Waals surface area (Å²) in [6.07, 6.45) is 3.58. The Morgan fingerprint density at radius 3 is 2.65 bits per heavy atom. The van der Waals surface area contributed by atoms with E-state index in [0.29, 0.717) is 5.92 Å². The van der Waals surface area contributed by atoms with Gasteiger partial charge >= 0.3 is 0 Å². The molecule has 0 aliphatic carbocycles. The fraction of sp³-hybridized carbons (Fsp3) is 0.727. The van der Waals surface area contributed by atoms with Gasteiger partial charge in [0.05, 0.1) is 0 Å². The number of hydrogen-bond donors (Lipinski definition) is 0. The van der Waals surface area contributed by atoms with Gasteiger partial charge in [-0.1, -0.05) is 0 Å². The highest BCUT2D eigenvalue weighted by Gasteiger charge is 2.27. The van der Waals surface area contributed by atoms with Crippen molar-refractivity contribution in [2.24, 2.45) is 7.05 Å². The molecule has 2 heterocycles. The molecule has 5 nitrogen and oxygen atoms in total. The maximum absolute atomic E-state index is 11.7. The molecule has 1 saturated heterocycles. The summed E-state index contributed by atoms with van der Waals surface area (Å²) in [5, 5.41) is 7.59. The van der Waals surface area contributed by atoms with E-state index < -0.39 is 5.38 Å². The van der Waals surface area contributed by atoms with Gasteiger partial charge in [-0.2, -0.15) is 0 Å². The number of alkyl halides is 1. The topological polar surface area (TPSA) is 51.0 Å². The molecule has 1 aromatic heterocycles. The van der Waals surface area contributed by atoms with Crippen molar-refractivity contribution in [2.75, 3.05) is 13.1 Å². The van der Waals surface area contributed by atoms with E-state index >= 15 is 0 Å². The quantitative estimate of drug-likeness (QED) is 0.746. The molecular weight excluding hydrogens is 240 g/mol. The van der Waals surface area contributed by atoms with Gasteiger partial charge in [0.15, 0.2) is 0 Å². The summed E-state index contributed by atoms with van der Waals surface area (Å²) in [5.74, 6) is 1.44. The maximum Gasteiger partial charge on any atom is 0.240 e. The van der Waals surface area contributed by atoms with Gasteiger partial charge in [-0.3, -0.25) is 4.79 Å². The molecule has 0 aromatic carbocycles. The predicted octanol–water partition coefficient (Wildman–Crippen LogP) is 1.15. The smallest absolute Gasteiger partial charge is 0.240 e. The summed E-state index contributed by atoms with van der Waals surface area (Å²) in [4.78, 5) is 13.6. The van der Waals surface area contributed by atoms with Gasteiger partial charge in [0, 0.05) is 26.1 Å². The Morgan fingerprint density at radius 2 is 2.18 bits per heavy atom. The number of nitrogens with zero attached hydrogens (tertiary/aromatic N) is 4. The molecule has 1 aliphatic rings. The van der Waals surface area contributed by atoms with E-state index in [2.05, 4.69) is 10.2 Å². The molecule has 94 valence electrons. The van der Waals surface area contributed by atoms with E-state index in [4.69, 9.17) is 11.6 Å². The zero-order chi connectivity index (χ0) is 12.4. The van der Waals surface area contributed by atoms with Crippen LogP contribution >= 0.6 is 11.6 Å².